The van der Waals surface area contributed by atoms with Crippen molar-refractivity contribution in [2.75, 3.05) is 24.5 Å². The van der Waals surface area contributed by atoms with Crippen LogP contribution in [0.3, 0.4) is 0 Å². The lowest BCUT2D eigenvalue weighted by molar-refractivity contribution is 0.568. The first kappa shape index (κ1) is 15.3. The predicted molar refractivity (Wildman–Crippen MR) is 86.3 cm³/mol. The molecule has 20 heavy (non-hydrogen) atoms. The van der Waals surface area contributed by atoms with E-state index in [0.717, 1.165) is 31.2 Å². The smallest absolute Gasteiger partial charge is 0.133 e. The summed E-state index contributed by atoms with van der Waals surface area (Å²) in [6, 6.07) is 2.21. The van der Waals surface area contributed by atoms with E-state index in [-0.39, 0.29) is 0 Å². The summed E-state index contributed by atoms with van der Waals surface area (Å²) in [4.78, 5) is 7.35. The minimum atomic E-state index is 0.842. The zero-order valence-corrected chi connectivity index (χ0v) is 13.5. The Kier molecular flexibility index (Phi) is 5.41. The number of hydrogen-bond donors (Lipinski definition) is 1. The van der Waals surface area contributed by atoms with E-state index < -0.39 is 0 Å². The highest BCUT2D eigenvalue weighted by Crippen LogP contribution is 2.29. The lowest BCUT2D eigenvalue weighted by Gasteiger charge is -2.23. The minimum absolute atomic E-state index is 0.842. The number of nitrogens with zero attached hydrogens (tertiary/aromatic N) is 2. The molecule has 112 valence electrons. The topological polar surface area (TPSA) is 28.2 Å². The zero-order valence-electron chi connectivity index (χ0n) is 13.5. The number of pyridine rings is 1. The van der Waals surface area contributed by atoms with Crippen molar-refractivity contribution in [1.82, 2.24) is 10.3 Å². The third-order valence-electron chi connectivity index (χ3n) is 4.34. The highest BCUT2D eigenvalue weighted by molar-refractivity contribution is 5.52. The summed E-state index contributed by atoms with van der Waals surface area (Å²) in [5.41, 5.74) is 3.90. The Morgan fingerprint density at radius 1 is 1.35 bits per heavy atom. The standard InChI is InChI=1S/C17H29N3/c1-5-8-18-11-16-13(3)10-14(4)19-17(16)20-9-7-15(6-2)12-20/h10,15,18H,5-9,11-12H2,1-4H3. The fraction of sp³-hybridized carbons (Fsp3) is 0.706. The Labute approximate surface area is 123 Å². The summed E-state index contributed by atoms with van der Waals surface area (Å²) < 4.78 is 0. The van der Waals surface area contributed by atoms with Gasteiger partial charge in [0.25, 0.3) is 0 Å². The van der Waals surface area contributed by atoms with E-state index in [1.165, 1.54) is 42.8 Å². The summed E-state index contributed by atoms with van der Waals surface area (Å²) in [6.07, 6.45) is 3.77. The molecule has 1 aliphatic rings. The highest BCUT2D eigenvalue weighted by atomic mass is 15.2. The van der Waals surface area contributed by atoms with Crippen molar-refractivity contribution < 1.29 is 0 Å². The van der Waals surface area contributed by atoms with Gasteiger partial charge in [0.15, 0.2) is 0 Å². The van der Waals surface area contributed by atoms with Crippen molar-refractivity contribution in [3.63, 3.8) is 0 Å². The number of rotatable bonds is 6. The second kappa shape index (κ2) is 7.07. The van der Waals surface area contributed by atoms with Crippen LogP contribution in [0.4, 0.5) is 5.82 Å². The molecule has 0 bridgehead atoms. The van der Waals surface area contributed by atoms with Crippen LogP contribution >= 0.6 is 0 Å². The molecule has 1 unspecified atom stereocenters. The molecule has 1 aliphatic heterocycles. The van der Waals surface area contributed by atoms with Gasteiger partial charge in [0.05, 0.1) is 0 Å². The summed E-state index contributed by atoms with van der Waals surface area (Å²) in [5, 5.41) is 3.53. The third kappa shape index (κ3) is 3.51. The van der Waals surface area contributed by atoms with Gasteiger partial charge in [-0.25, -0.2) is 4.98 Å². The Balaban J connectivity index is 2.21. The Hall–Kier alpha value is -1.09. The van der Waals surface area contributed by atoms with Crippen LogP contribution in [0.15, 0.2) is 6.07 Å². The second-order valence-corrected chi connectivity index (χ2v) is 6.07. The fourth-order valence-corrected chi connectivity index (χ4v) is 3.07. The highest BCUT2D eigenvalue weighted by Gasteiger charge is 2.24. The minimum Gasteiger partial charge on any atom is -0.356 e. The molecule has 0 amide bonds. The van der Waals surface area contributed by atoms with Crippen molar-refractivity contribution in [1.29, 1.82) is 0 Å². The van der Waals surface area contributed by atoms with Crippen molar-refractivity contribution in [3.05, 3.63) is 22.9 Å². The van der Waals surface area contributed by atoms with Gasteiger partial charge in [0.1, 0.15) is 5.82 Å². The number of anilines is 1. The van der Waals surface area contributed by atoms with Gasteiger partial charge in [-0.05, 0) is 50.8 Å². The fourth-order valence-electron chi connectivity index (χ4n) is 3.07. The molecule has 0 spiro atoms. The van der Waals surface area contributed by atoms with E-state index in [2.05, 4.69) is 44.0 Å². The molecule has 1 aromatic heterocycles. The molecule has 2 heterocycles. The first-order valence-corrected chi connectivity index (χ1v) is 8.08. The van der Waals surface area contributed by atoms with Gasteiger partial charge in [-0.2, -0.15) is 0 Å². The zero-order chi connectivity index (χ0) is 14.5. The maximum Gasteiger partial charge on any atom is 0.133 e. The van der Waals surface area contributed by atoms with Crippen LogP contribution in [0.25, 0.3) is 0 Å². The molecule has 0 aliphatic carbocycles. The van der Waals surface area contributed by atoms with Gasteiger partial charge in [-0.1, -0.05) is 20.3 Å². The van der Waals surface area contributed by atoms with E-state index in [9.17, 15) is 0 Å². The van der Waals surface area contributed by atoms with Crippen LogP contribution in [-0.2, 0) is 6.54 Å². The average molecular weight is 275 g/mol. The van der Waals surface area contributed by atoms with Crippen LogP contribution in [-0.4, -0.2) is 24.6 Å². The summed E-state index contributed by atoms with van der Waals surface area (Å²) in [6.45, 7) is 13.2. The third-order valence-corrected chi connectivity index (χ3v) is 4.34. The number of nitrogens with one attached hydrogen (secondary N) is 1. The maximum atomic E-state index is 4.85. The normalized spacial score (nSPS) is 18.8. The quantitative estimate of drug-likeness (QED) is 0.806. The molecule has 3 heteroatoms. The lowest BCUT2D eigenvalue weighted by atomic mass is 10.1. The van der Waals surface area contributed by atoms with E-state index in [0.29, 0.717) is 0 Å². The lowest BCUT2D eigenvalue weighted by Crippen LogP contribution is -2.25. The van der Waals surface area contributed by atoms with E-state index in [1.807, 2.05) is 0 Å². The molecular formula is C17H29N3. The SMILES string of the molecule is CCCNCc1c(C)cc(C)nc1N1CCC(CC)C1. The first-order valence-electron chi connectivity index (χ1n) is 8.08. The Morgan fingerprint density at radius 2 is 2.15 bits per heavy atom. The molecule has 1 saturated heterocycles. The summed E-state index contributed by atoms with van der Waals surface area (Å²) >= 11 is 0. The molecule has 0 aromatic carbocycles. The molecule has 2 rings (SSSR count). The second-order valence-electron chi connectivity index (χ2n) is 6.07. The summed E-state index contributed by atoms with van der Waals surface area (Å²) in [5.74, 6) is 2.07. The largest absolute Gasteiger partial charge is 0.356 e. The van der Waals surface area contributed by atoms with Gasteiger partial charge >= 0.3 is 0 Å². The van der Waals surface area contributed by atoms with Crippen LogP contribution in [0.2, 0.25) is 0 Å². The van der Waals surface area contributed by atoms with Gasteiger partial charge in [0.2, 0.25) is 0 Å². The van der Waals surface area contributed by atoms with Crippen LogP contribution in [0.5, 0.6) is 0 Å². The maximum absolute atomic E-state index is 4.85. The average Bonchev–Trinajstić information content (AvgIpc) is 2.89. The monoisotopic (exact) mass is 275 g/mol. The van der Waals surface area contributed by atoms with Crippen molar-refractivity contribution in [2.24, 2.45) is 5.92 Å². The molecule has 0 saturated carbocycles. The molecule has 1 N–H and O–H groups in total. The van der Waals surface area contributed by atoms with Crippen LogP contribution in [0, 0.1) is 19.8 Å². The van der Waals surface area contributed by atoms with Gasteiger partial charge < -0.3 is 10.2 Å². The van der Waals surface area contributed by atoms with Gasteiger partial charge in [-0.15, -0.1) is 0 Å². The van der Waals surface area contributed by atoms with Crippen LogP contribution in [0.1, 0.15) is 49.9 Å². The van der Waals surface area contributed by atoms with E-state index in [1.54, 1.807) is 0 Å². The van der Waals surface area contributed by atoms with E-state index >= 15 is 0 Å². The van der Waals surface area contributed by atoms with Gasteiger partial charge in [-0.3, -0.25) is 0 Å². The van der Waals surface area contributed by atoms with E-state index in [4.69, 9.17) is 4.98 Å². The van der Waals surface area contributed by atoms with Crippen molar-refractivity contribution >= 4 is 5.82 Å². The molecular weight excluding hydrogens is 246 g/mol. The number of aromatic nitrogens is 1. The van der Waals surface area contributed by atoms with Crippen molar-refractivity contribution in [3.8, 4) is 0 Å². The Morgan fingerprint density at radius 3 is 2.80 bits per heavy atom. The molecule has 1 aromatic rings. The Bertz CT molecular complexity index is 442. The summed E-state index contributed by atoms with van der Waals surface area (Å²) in [7, 11) is 0. The first-order chi connectivity index (χ1) is 9.65. The molecule has 1 fully saturated rings. The van der Waals surface area contributed by atoms with Gasteiger partial charge in [0, 0.05) is 30.9 Å². The molecule has 3 nitrogen and oxygen atoms in total. The van der Waals surface area contributed by atoms with Crippen molar-refractivity contribution in [2.45, 2.75) is 53.5 Å². The number of hydrogen-bond acceptors (Lipinski definition) is 3. The molecule has 1 atom stereocenters. The van der Waals surface area contributed by atoms with Crippen LogP contribution < -0.4 is 10.2 Å². The molecule has 0 radical (unpaired) electrons. The predicted octanol–water partition coefficient (Wildman–Crippen LogP) is 3.43. The number of aryl methyl sites for hydroxylation is 2.